The molecule has 0 saturated heterocycles. The number of hydrogen-bond acceptors (Lipinski definition) is 3. The van der Waals surface area contributed by atoms with Gasteiger partial charge in [0.1, 0.15) is 0 Å². The molecule has 0 radical (unpaired) electrons. The van der Waals surface area contributed by atoms with Crippen molar-refractivity contribution in [2.75, 3.05) is 6.79 Å². The topological polar surface area (TPSA) is 52.5 Å². The largest absolute Gasteiger partial charge is 0.454 e. The van der Waals surface area contributed by atoms with E-state index in [1.54, 1.807) is 0 Å². The van der Waals surface area contributed by atoms with Gasteiger partial charge in [0, 0.05) is 23.5 Å². The van der Waals surface area contributed by atoms with E-state index < -0.39 is 0 Å². The first-order chi connectivity index (χ1) is 13.6. The molecular formula is C23H24N2O3. The zero-order valence-corrected chi connectivity index (χ0v) is 16.4. The Morgan fingerprint density at radius 3 is 2.61 bits per heavy atom. The maximum atomic E-state index is 12.9. The highest BCUT2D eigenvalue weighted by atomic mass is 16.7. The Morgan fingerprint density at radius 2 is 1.86 bits per heavy atom. The lowest BCUT2D eigenvalue weighted by Gasteiger charge is -2.14. The Morgan fingerprint density at radius 1 is 1.11 bits per heavy atom. The summed E-state index contributed by atoms with van der Waals surface area (Å²) in [5, 5.41) is 3.07. The van der Waals surface area contributed by atoms with E-state index in [1.165, 1.54) is 0 Å². The van der Waals surface area contributed by atoms with Gasteiger partial charge in [0.2, 0.25) is 6.79 Å². The Balaban J connectivity index is 1.85. The number of rotatable bonds is 5. The van der Waals surface area contributed by atoms with Crippen molar-refractivity contribution in [1.29, 1.82) is 0 Å². The van der Waals surface area contributed by atoms with Crippen molar-refractivity contribution in [1.82, 2.24) is 9.88 Å². The summed E-state index contributed by atoms with van der Waals surface area (Å²) in [4.78, 5) is 12.9. The number of ether oxygens (including phenoxy) is 2. The molecular weight excluding hydrogens is 352 g/mol. The van der Waals surface area contributed by atoms with Gasteiger partial charge in [-0.05, 0) is 44.0 Å². The summed E-state index contributed by atoms with van der Waals surface area (Å²) >= 11 is 0. The average Bonchev–Trinajstić information content (AvgIpc) is 3.32. The average molecular weight is 376 g/mol. The van der Waals surface area contributed by atoms with Gasteiger partial charge in [-0.25, -0.2) is 0 Å². The van der Waals surface area contributed by atoms with Crippen molar-refractivity contribution in [2.45, 2.75) is 33.2 Å². The highest BCUT2D eigenvalue weighted by molar-refractivity contribution is 5.97. The van der Waals surface area contributed by atoms with Gasteiger partial charge in [-0.1, -0.05) is 37.3 Å². The second kappa shape index (κ2) is 7.43. The van der Waals surface area contributed by atoms with Crippen molar-refractivity contribution in [3.8, 4) is 28.4 Å². The van der Waals surface area contributed by atoms with Crippen LogP contribution < -0.4 is 14.8 Å². The number of benzene rings is 2. The Labute approximate surface area is 164 Å². The Bertz CT molecular complexity index is 1010. The molecule has 2 heterocycles. The molecule has 2 aromatic carbocycles. The van der Waals surface area contributed by atoms with E-state index in [-0.39, 0.29) is 18.7 Å². The van der Waals surface area contributed by atoms with Gasteiger partial charge in [0.25, 0.3) is 5.91 Å². The first kappa shape index (κ1) is 18.2. The lowest BCUT2D eigenvalue weighted by Crippen LogP contribution is -2.32. The van der Waals surface area contributed by atoms with E-state index in [2.05, 4.69) is 28.9 Å². The van der Waals surface area contributed by atoms with Gasteiger partial charge in [-0.15, -0.1) is 0 Å². The second-order valence-electron chi connectivity index (χ2n) is 7.05. The van der Waals surface area contributed by atoms with Gasteiger partial charge in [0.05, 0.1) is 11.3 Å². The standard InChI is InChI=1S/C23H24N2O3/c1-4-15(2)24-23(26)19-13-20(17-8-6-5-7-9-17)25(16(19)3)18-10-11-21-22(12-18)28-14-27-21/h5-13,15H,4,14H2,1-3H3,(H,24,26). The minimum atomic E-state index is -0.0523. The molecule has 1 aliphatic heterocycles. The molecule has 1 amide bonds. The second-order valence-corrected chi connectivity index (χ2v) is 7.05. The van der Waals surface area contributed by atoms with Crippen molar-refractivity contribution in [3.05, 3.63) is 65.9 Å². The fraction of sp³-hybridized carbons (Fsp3) is 0.261. The molecule has 28 heavy (non-hydrogen) atoms. The van der Waals surface area contributed by atoms with E-state index >= 15 is 0 Å². The monoisotopic (exact) mass is 376 g/mol. The van der Waals surface area contributed by atoms with Crippen LogP contribution in [0.15, 0.2) is 54.6 Å². The molecule has 0 bridgehead atoms. The lowest BCUT2D eigenvalue weighted by atomic mass is 10.1. The maximum Gasteiger partial charge on any atom is 0.253 e. The third-order valence-electron chi connectivity index (χ3n) is 5.17. The molecule has 0 aliphatic carbocycles. The van der Waals surface area contributed by atoms with Crippen LogP contribution in [-0.4, -0.2) is 23.3 Å². The SMILES string of the molecule is CCC(C)NC(=O)c1cc(-c2ccccc2)n(-c2ccc3c(c2)OCO3)c1C. The molecule has 4 rings (SSSR count). The van der Waals surface area contributed by atoms with Crippen molar-refractivity contribution in [2.24, 2.45) is 0 Å². The summed E-state index contributed by atoms with van der Waals surface area (Å²) in [6.07, 6.45) is 0.888. The number of aromatic nitrogens is 1. The van der Waals surface area contributed by atoms with E-state index in [0.717, 1.165) is 40.6 Å². The maximum absolute atomic E-state index is 12.9. The van der Waals surface area contributed by atoms with Crippen LogP contribution in [0, 0.1) is 6.92 Å². The van der Waals surface area contributed by atoms with Gasteiger partial charge in [0.15, 0.2) is 11.5 Å². The number of nitrogens with one attached hydrogen (secondary N) is 1. The van der Waals surface area contributed by atoms with Crippen LogP contribution in [0.5, 0.6) is 11.5 Å². The molecule has 0 spiro atoms. The normalized spacial score (nSPS) is 13.4. The van der Waals surface area contributed by atoms with Crippen molar-refractivity contribution < 1.29 is 14.3 Å². The van der Waals surface area contributed by atoms with Crippen molar-refractivity contribution >= 4 is 5.91 Å². The van der Waals surface area contributed by atoms with Gasteiger partial charge in [-0.3, -0.25) is 4.79 Å². The molecule has 5 nitrogen and oxygen atoms in total. The van der Waals surface area contributed by atoms with Crippen LogP contribution in [-0.2, 0) is 0 Å². The summed E-state index contributed by atoms with van der Waals surface area (Å²) in [7, 11) is 0. The molecule has 144 valence electrons. The summed E-state index contributed by atoms with van der Waals surface area (Å²) in [6.45, 7) is 6.28. The van der Waals surface area contributed by atoms with Crippen LogP contribution >= 0.6 is 0 Å². The number of hydrogen-bond donors (Lipinski definition) is 1. The fourth-order valence-corrected chi connectivity index (χ4v) is 3.42. The molecule has 1 aliphatic rings. The fourth-order valence-electron chi connectivity index (χ4n) is 3.42. The van der Waals surface area contributed by atoms with Gasteiger partial charge < -0.3 is 19.4 Å². The molecule has 1 unspecified atom stereocenters. The third-order valence-corrected chi connectivity index (χ3v) is 5.17. The van der Waals surface area contributed by atoms with Crippen LogP contribution in [0.3, 0.4) is 0 Å². The molecule has 1 aromatic heterocycles. The number of carbonyl (C=O) groups is 1. The van der Waals surface area contributed by atoms with Crippen LogP contribution in [0.4, 0.5) is 0 Å². The zero-order chi connectivity index (χ0) is 19.7. The number of fused-ring (bicyclic) bond motifs is 1. The predicted molar refractivity (Wildman–Crippen MR) is 109 cm³/mol. The highest BCUT2D eigenvalue weighted by Gasteiger charge is 2.22. The van der Waals surface area contributed by atoms with E-state index in [9.17, 15) is 4.79 Å². The molecule has 5 heteroatoms. The molecule has 3 aromatic rings. The first-order valence-corrected chi connectivity index (χ1v) is 9.57. The van der Waals surface area contributed by atoms with E-state index in [4.69, 9.17) is 9.47 Å². The van der Waals surface area contributed by atoms with Gasteiger partial charge in [-0.2, -0.15) is 0 Å². The molecule has 1 N–H and O–H groups in total. The number of nitrogens with zero attached hydrogens (tertiary/aromatic N) is 1. The molecule has 0 saturated carbocycles. The highest BCUT2D eigenvalue weighted by Crippen LogP contribution is 2.36. The predicted octanol–water partition coefficient (Wildman–Crippen LogP) is 4.71. The van der Waals surface area contributed by atoms with Crippen LogP contribution in [0.25, 0.3) is 16.9 Å². The minimum absolute atomic E-state index is 0.0523. The smallest absolute Gasteiger partial charge is 0.253 e. The number of carbonyl (C=O) groups excluding carboxylic acids is 1. The van der Waals surface area contributed by atoms with E-state index in [1.807, 2.05) is 56.3 Å². The molecule has 0 fully saturated rings. The van der Waals surface area contributed by atoms with Gasteiger partial charge >= 0.3 is 0 Å². The van der Waals surface area contributed by atoms with Crippen molar-refractivity contribution in [3.63, 3.8) is 0 Å². The van der Waals surface area contributed by atoms with E-state index in [0.29, 0.717) is 5.56 Å². The quantitative estimate of drug-likeness (QED) is 0.702. The summed E-state index contributed by atoms with van der Waals surface area (Å²) in [5.41, 5.74) is 4.51. The third kappa shape index (κ3) is 3.24. The first-order valence-electron chi connectivity index (χ1n) is 9.57. The summed E-state index contributed by atoms with van der Waals surface area (Å²) in [5.74, 6) is 1.41. The lowest BCUT2D eigenvalue weighted by molar-refractivity contribution is 0.0938. The summed E-state index contributed by atoms with van der Waals surface area (Å²) in [6, 6.07) is 18.0. The summed E-state index contributed by atoms with van der Waals surface area (Å²) < 4.78 is 13.1. The molecule has 1 atom stereocenters. The van der Waals surface area contributed by atoms with Crippen LogP contribution in [0.1, 0.15) is 36.3 Å². The van der Waals surface area contributed by atoms with Crippen LogP contribution in [0.2, 0.25) is 0 Å². The number of amides is 1. The zero-order valence-electron chi connectivity index (χ0n) is 16.4. The minimum Gasteiger partial charge on any atom is -0.454 e. The Kier molecular flexibility index (Phi) is 4.82. The Hall–Kier alpha value is -3.21.